The van der Waals surface area contributed by atoms with E-state index in [1.807, 2.05) is 24.3 Å². The Morgan fingerprint density at radius 1 is 1.09 bits per heavy atom. The van der Waals surface area contributed by atoms with E-state index in [9.17, 15) is 0 Å². The van der Waals surface area contributed by atoms with Gasteiger partial charge in [0, 0.05) is 11.6 Å². The normalized spacial score (nSPS) is 18.7. The predicted octanol–water partition coefficient (Wildman–Crippen LogP) is 2.04. The van der Waals surface area contributed by atoms with Crippen LogP contribution in [0.4, 0.5) is 0 Å². The molecule has 0 amide bonds. The monoisotopic (exact) mass is 146 g/mol. The minimum Gasteiger partial charge on any atom is -0.420 e. The van der Waals surface area contributed by atoms with Gasteiger partial charge in [0.2, 0.25) is 0 Å². The van der Waals surface area contributed by atoms with Crippen LogP contribution in [0, 0.1) is 0 Å². The molecule has 1 aromatic carbocycles. The van der Waals surface area contributed by atoms with Gasteiger partial charge < -0.3 is 9.47 Å². The van der Waals surface area contributed by atoms with Gasteiger partial charge in [-0.1, -0.05) is 24.3 Å². The van der Waals surface area contributed by atoms with E-state index >= 15 is 0 Å². The largest absolute Gasteiger partial charge is 0.420 e. The molecule has 0 spiro atoms. The third-order valence-corrected chi connectivity index (χ3v) is 1.97. The zero-order valence-electron chi connectivity index (χ0n) is 5.78. The Morgan fingerprint density at radius 3 is 2.73 bits per heavy atom. The molecule has 3 aliphatic heterocycles. The van der Waals surface area contributed by atoms with Crippen LogP contribution in [-0.4, -0.2) is 0 Å². The molecule has 2 nitrogen and oxygen atoms in total. The molecule has 4 rings (SSSR count). The van der Waals surface area contributed by atoms with Crippen molar-refractivity contribution in [2.45, 2.75) is 6.29 Å². The van der Waals surface area contributed by atoms with Crippen molar-refractivity contribution in [1.29, 1.82) is 0 Å². The molecule has 2 heteroatoms. The van der Waals surface area contributed by atoms with E-state index in [1.165, 1.54) is 5.56 Å². The molecule has 0 N–H and O–H groups in total. The quantitative estimate of drug-likeness (QED) is 0.557. The first-order valence-corrected chi connectivity index (χ1v) is 3.57. The van der Waals surface area contributed by atoms with E-state index in [0.29, 0.717) is 5.95 Å². The molecule has 0 saturated carbocycles. The van der Waals surface area contributed by atoms with Crippen molar-refractivity contribution in [3.8, 4) is 0 Å². The van der Waals surface area contributed by atoms with E-state index in [0.717, 1.165) is 5.56 Å². The Morgan fingerprint density at radius 2 is 1.91 bits per heavy atom. The highest BCUT2D eigenvalue weighted by atomic mass is 16.9. The molecule has 0 aliphatic carbocycles. The third kappa shape index (κ3) is 0.564. The lowest BCUT2D eigenvalue weighted by Crippen LogP contribution is -2.24. The highest BCUT2D eigenvalue weighted by Gasteiger charge is 2.34. The van der Waals surface area contributed by atoms with Crippen molar-refractivity contribution >= 4 is 6.08 Å². The molecule has 0 radical (unpaired) electrons. The smallest absolute Gasteiger partial charge is 0.286 e. The number of hydrogen-bond donors (Lipinski definition) is 0. The van der Waals surface area contributed by atoms with Gasteiger partial charge in [-0.05, 0) is 5.56 Å². The van der Waals surface area contributed by atoms with Crippen LogP contribution >= 0.6 is 0 Å². The maximum Gasteiger partial charge on any atom is 0.286 e. The maximum absolute atomic E-state index is 5.24. The van der Waals surface area contributed by atoms with Crippen LogP contribution in [0.15, 0.2) is 30.2 Å². The minimum atomic E-state index is -0.133. The standard InChI is InChI=1S/C9H6O2/c1-2-4-7-6(3-1)5-8-10-9(7)11-8/h1-5,9H. The number of ether oxygens (including phenoxy) is 2. The van der Waals surface area contributed by atoms with Crippen LogP contribution in [-0.2, 0) is 9.47 Å². The summed E-state index contributed by atoms with van der Waals surface area (Å²) in [4.78, 5) is 0. The fourth-order valence-electron chi connectivity index (χ4n) is 1.40. The second-order valence-electron chi connectivity index (χ2n) is 2.66. The summed E-state index contributed by atoms with van der Waals surface area (Å²) in [6.07, 6.45) is 1.78. The van der Waals surface area contributed by atoms with E-state index in [1.54, 1.807) is 0 Å². The van der Waals surface area contributed by atoms with Gasteiger partial charge in [-0.25, -0.2) is 0 Å². The highest BCUT2D eigenvalue weighted by molar-refractivity contribution is 5.58. The van der Waals surface area contributed by atoms with Crippen molar-refractivity contribution in [2.75, 3.05) is 0 Å². The Hall–Kier alpha value is -1.44. The van der Waals surface area contributed by atoms with Crippen LogP contribution < -0.4 is 0 Å². The van der Waals surface area contributed by atoms with Crippen LogP contribution in [0.5, 0.6) is 0 Å². The fourth-order valence-corrected chi connectivity index (χ4v) is 1.40. The van der Waals surface area contributed by atoms with Crippen molar-refractivity contribution in [2.24, 2.45) is 0 Å². The molecule has 1 saturated heterocycles. The van der Waals surface area contributed by atoms with Crippen molar-refractivity contribution in [1.82, 2.24) is 0 Å². The summed E-state index contributed by atoms with van der Waals surface area (Å²) in [5.41, 5.74) is 2.34. The molecule has 54 valence electrons. The van der Waals surface area contributed by atoms with Gasteiger partial charge in [-0.15, -0.1) is 0 Å². The zero-order valence-corrected chi connectivity index (χ0v) is 5.78. The summed E-state index contributed by atoms with van der Waals surface area (Å²) < 4.78 is 10.5. The molecule has 11 heavy (non-hydrogen) atoms. The minimum absolute atomic E-state index is 0.133. The SMILES string of the molecule is C1=C2OC(O2)c2ccccc21. The summed E-state index contributed by atoms with van der Waals surface area (Å²) in [5, 5.41) is 0. The van der Waals surface area contributed by atoms with Gasteiger partial charge in [-0.2, -0.15) is 0 Å². The second-order valence-corrected chi connectivity index (χ2v) is 2.66. The van der Waals surface area contributed by atoms with Crippen LogP contribution in [0.1, 0.15) is 17.4 Å². The maximum atomic E-state index is 5.24. The molecule has 1 fully saturated rings. The topological polar surface area (TPSA) is 18.5 Å². The molecule has 3 aliphatic rings. The number of rotatable bonds is 0. The van der Waals surface area contributed by atoms with E-state index in [-0.39, 0.29) is 6.29 Å². The first-order valence-electron chi connectivity index (χ1n) is 3.57. The van der Waals surface area contributed by atoms with Crippen LogP contribution in [0.25, 0.3) is 6.08 Å². The number of benzene rings is 1. The molecule has 0 atom stereocenters. The predicted molar refractivity (Wildman–Crippen MR) is 39.3 cm³/mol. The first kappa shape index (κ1) is 5.24. The van der Waals surface area contributed by atoms with Crippen molar-refractivity contribution in [3.63, 3.8) is 0 Å². The zero-order chi connectivity index (χ0) is 7.26. The third-order valence-electron chi connectivity index (χ3n) is 1.97. The molecule has 2 bridgehead atoms. The van der Waals surface area contributed by atoms with Gasteiger partial charge in [0.15, 0.2) is 0 Å². The Bertz CT molecular complexity index is 333. The average molecular weight is 146 g/mol. The molecule has 3 heterocycles. The Balaban J connectivity index is 2.27. The van der Waals surface area contributed by atoms with Gasteiger partial charge in [0.25, 0.3) is 12.2 Å². The fraction of sp³-hybridized carbons (Fsp3) is 0.111. The van der Waals surface area contributed by atoms with E-state index in [2.05, 4.69) is 6.07 Å². The summed E-state index contributed by atoms with van der Waals surface area (Å²) in [6.45, 7) is 0. The lowest BCUT2D eigenvalue weighted by Gasteiger charge is -2.35. The van der Waals surface area contributed by atoms with Gasteiger partial charge >= 0.3 is 0 Å². The Labute approximate surface area is 64.1 Å². The van der Waals surface area contributed by atoms with E-state index < -0.39 is 0 Å². The summed E-state index contributed by atoms with van der Waals surface area (Å²) in [6, 6.07) is 8.09. The van der Waals surface area contributed by atoms with E-state index in [4.69, 9.17) is 9.47 Å². The molecule has 1 aromatic rings. The lowest BCUT2D eigenvalue weighted by molar-refractivity contribution is -0.254. The average Bonchev–Trinajstić information content (AvgIpc) is 2.02. The first-order chi connectivity index (χ1) is 5.43. The number of hydrogen-bond acceptors (Lipinski definition) is 2. The highest BCUT2D eigenvalue weighted by Crippen LogP contribution is 2.42. The van der Waals surface area contributed by atoms with Crippen LogP contribution in [0.3, 0.4) is 0 Å². The lowest BCUT2D eigenvalue weighted by atomic mass is 10.0. The summed E-state index contributed by atoms with van der Waals surface area (Å²) >= 11 is 0. The Kier molecular flexibility index (Phi) is 0.756. The van der Waals surface area contributed by atoms with Gasteiger partial charge in [-0.3, -0.25) is 0 Å². The summed E-state index contributed by atoms with van der Waals surface area (Å²) in [7, 11) is 0. The van der Waals surface area contributed by atoms with Gasteiger partial charge in [0.1, 0.15) is 0 Å². The van der Waals surface area contributed by atoms with Crippen LogP contribution in [0.2, 0.25) is 0 Å². The molecular formula is C9H6O2. The summed E-state index contributed by atoms with van der Waals surface area (Å²) in [5.74, 6) is 0.647. The van der Waals surface area contributed by atoms with Gasteiger partial charge in [0.05, 0.1) is 0 Å². The second kappa shape index (κ2) is 1.59. The van der Waals surface area contributed by atoms with Crippen molar-refractivity contribution < 1.29 is 9.47 Å². The molecule has 0 unspecified atom stereocenters. The molecule has 0 aromatic heterocycles. The van der Waals surface area contributed by atoms with Crippen molar-refractivity contribution in [3.05, 3.63) is 41.3 Å². The molecular weight excluding hydrogens is 140 g/mol.